The molecule has 72 valence electrons. The molecule has 3 nitrogen and oxygen atoms in total. The summed E-state index contributed by atoms with van der Waals surface area (Å²) in [5.74, 6) is 1.40. The van der Waals surface area contributed by atoms with Crippen molar-refractivity contribution in [3.05, 3.63) is 29.8 Å². The van der Waals surface area contributed by atoms with E-state index in [-0.39, 0.29) is 5.24 Å². The standard InChI is InChI=1S/C10H9NO2S/c1-13-9-5-3-2-4-7(9)8-6-14-10(12)11-8/h2-5H,6H2,1H3. The summed E-state index contributed by atoms with van der Waals surface area (Å²) in [5.41, 5.74) is 1.71. The average molecular weight is 207 g/mol. The molecule has 0 fully saturated rings. The molecule has 1 amide bonds. The van der Waals surface area contributed by atoms with Crippen LogP contribution < -0.4 is 4.74 Å². The van der Waals surface area contributed by atoms with Gasteiger partial charge < -0.3 is 4.74 Å². The first-order valence-electron chi connectivity index (χ1n) is 4.19. The van der Waals surface area contributed by atoms with Crippen molar-refractivity contribution in [1.29, 1.82) is 0 Å². The van der Waals surface area contributed by atoms with Crippen molar-refractivity contribution >= 4 is 22.7 Å². The van der Waals surface area contributed by atoms with Crippen molar-refractivity contribution < 1.29 is 9.53 Å². The van der Waals surface area contributed by atoms with E-state index in [1.807, 2.05) is 24.3 Å². The summed E-state index contributed by atoms with van der Waals surface area (Å²) < 4.78 is 5.19. The molecule has 0 N–H and O–H groups in total. The van der Waals surface area contributed by atoms with E-state index < -0.39 is 0 Å². The van der Waals surface area contributed by atoms with Crippen LogP contribution in [0.4, 0.5) is 4.79 Å². The van der Waals surface area contributed by atoms with Crippen molar-refractivity contribution in [3.8, 4) is 5.75 Å². The molecule has 0 spiro atoms. The summed E-state index contributed by atoms with van der Waals surface area (Å²) in [4.78, 5) is 14.9. The molecule has 0 bridgehead atoms. The van der Waals surface area contributed by atoms with Crippen LogP contribution in [0.3, 0.4) is 0 Å². The van der Waals surface area contributed by atoms with Crippen LogP contribution in [0, 0.1) is 0 Å². The molecule has 0 radical (unpaired) electrons. The number of ether oxygens (including phenoxy) is 1. The van der Waals surface area contributed by atoms with Crippen LogP contribution in [0.1, 0.15) is 5.56 Å². The minimum absolute atomic E-state index is 0.120. The third-order valence-corrected chi connectivity index (χ3v) is 2.73. The van der Waals surface area contributed by atoms with Gasteiger partial charge in [-0.1, -0.05) is 23.9 Å². The van der Waals surface area contributed by atoms with E-state index in [0.29, 0.717) is 5.75 Å². The van der Waals surface area contributed by atoms with Gasteiger partial charge in [0.15, 0.2) is 0 Å². The molecule has 1 aromatic rings. The molecule has 1 heterocycles. The number of hydrogen-bond acceptors (Lipinski definition) is 3. The van der Waals surface area contributed by atoms with Gasteiger partial charge in [0.1, 0.15) is 5.75 Å². The summed E-state index contributed by atoms with van der Waals surface area (Å²) in [6.07, 6.45) is 0. The number of rotatable bonds is 2. The first-order chi connectivity index (χ1) is 6.81. The quantitative estimate of drug-likeness (QED) is 0.747. The van der Waals surface area contributed by atoms with Crippen LogP contribution in [0.2, 0.25) is 0 Å². The second-order valence-electron chi connectivity index (χ2n) is 2.81. The predicted molar refractivity (Wildman–Crippen MR) is 57.4 cm³/mol. The van der Waals surface area contributed by atoms with Crippen molar-refractivity contribution in [2.24, 2.45) is 4.99 Å². The first kappa shape index (κ1) is 9.27. The molecule has 0 unspecified atom stereocenters. The fraction of sp³-hybridized carbons (Fsp3) is 0.200. The fourth-order valence-corrected chi connectivity index (χ4v) is 1.98. The van der Waals surface area contributed by atoms with Gasteiger partial charge in [-0.3, -0.25) is 4.79 Å². The smallest absolute Gasteiger partial charge is 0.305 e. The van der Waals surface area contributed by atoms with E-state index in [0.717, 1.165) is 17.0 Å². The maximum Gasteiger partial charge on any atom is 0.305 e. The van der Waals surface area contributed by atoms with Crippen LogP contribution >= 0.6 is 11.8 Å². The number of benzene rings is 1. The lowest BCUT2D eigenvalue weighted by Gasteiger charge is -2.06. The lowest BCUT2D eigenvalue weighted by molar-refractivity contribution is 0.268. The van der Waals surface area contributed by atoms with Gasteiger partial charge >= 0.3 is 5.24 Å². The van der Waals surface area contributed by atoms with Crippen LogP contribution in [0.25, 0.3) is 0 Å². The van der Waals surface area contributed by atoms with Crippen molar-refractivity contribution in [3.63, 3.8) is 0 Å². The maximum absolute atomic E-state index is 11.0. The van der Waals surface area contributed by atoms with Crippen LogP contribution in [0.15, 0.2) is 29.3 Å². The highest BCUT2D eigenvalue weighted by molar-refractivity contribution is 8.14. The van der Waals surface area contributed by atoms with Crippen molar-refractivity contribution in [2.45, 2.75) is 0 Å². The van der Waals surface area contributed by atoms with Gasteiger partial charge in [-0.25, -0.2) is 4.99 Å². The normalized spacial score (nSPS) is 15.5. The number of thioether (sulfide) groups is 1. The number of carbonyl (C=O) groups excluding carboxylic acids is 1. The highest BCUT2D eigenvalue weighted by atomic mass is 32.2. The second kappa shape index (κ2) is 3.84. The van der Waals surface area contributed by atoms with E-state index >= 15 is 0 Å². The van der Waals surface area contributed by atoms with Crippen LogP contribution in [-0.4, -0.2) is 23.8 Å². The van der Waals surface area contributed by atoms with Gasteiger partial charge in [-0.2, -0.15) is 0 Å². The lowest BCUT2D eigenvalue weighted by Crippen LogP contribution is -2.02. The van der Waals surface area contributed by atoms with Gasteiger partial charge in [0.25, 0.3) is 0 Å². The Hall–Kier alpha value is -1.29. The van der Waals surface area contributed by atoms with E-state index in [1.165, 1.54) is 11.8 Å². The summed E-state index contributed by atoms with van der Waals surface area (Å²) in [5, 5.41) is -0.120. The zero-order chi connectivity index (χ0) is 9.97. The molecule has 4 heteroatoms. The summed E-state index contributed by atoms with van der Waals surface area (Å²) in [7, 11) is 1.61. The minimum Gasteiger partial charge on any atom is -0.496 e. The summed E-state index contributed by atoms with van der Waals surface area (Å²) in [6, 6.07) is 7.59. The highest BCUT2D eigenvalue weighted by Gasteiger charge is 2.18. The number of nitrogens with zero attached hydrogens (tertiary/aromatic N) is 1. The maximum atomic E-state index is 11.0. The molecule has 0 atom stereocenters. The number of amides is 1. The summed E-state index contributed by atoms with van der Waals surface area (Å²) in [6.45, 7) is 0. The minimum atomic E-state index is -0.120. The Morgan fingerprint density at radius 1 is 1.43 bits per heavy atom. The number of aliphatic imine (C=N–C) groups is 1. The number of carbonyl (C=O) groups is 1. The number of para-hydroxylation sites is 1. The Kier molecular flexibility index (Phi) is 2.54. The Morgan fingerprint density at radius 2 is 2.21 bits per heavy atom. The molecule has 1 aliphatic heterocycles. The highest BCUT2D eigenvalue weighted by Crippen LogP contribution is 2.24. The third-order valence-electron chi connectivity index (χ3n) is 1.98. The van der Waals surface area contributed by atoms with Gasteiger partial charge in [0, 0.05) is 11.3 Å². The zero-order valence-electron chi connectivity index (χ0n) is 7.69. The van der Waals surface area contributed by atoms with Crippen LogP contribution in [-0.2, 0) is 0 Å². The fourth-order valence-electron chi connectivity index (χ4n) is 1.33. The van der Waals surface area contributed by atoms with Gasteiger partial charge in [-0.05, 0) is 12.1 Å². The Bertz CT molecular complexity index is 401. The Labute approximate surface area is 86.2 Å². The summed E-state index contributed by atoms with van der Waals surface area (Å²) >= 11 is 1.22. The molecule has 1 aromatic carbocycles. The van der Waals surface area contributed by atoms with Gasteiger partial charge in [-0.15, -0.1) is 0 Å². The second-order valence-corrected chi connectivity index (χ2v) is 3.74. The van der Waals surface area contributed by atoms with E-state index in [1.54, 1.807) is 7.11 Å². The monoisotopic (exact) mass is 207 g/mol. The molecule has 0 saturated heterocycles. The van der Waals surface area contributed by atoms with Crippen molar-refractivity contribution in [2.75, 3.05) is 12.9 Å². The van der Waals surface area contributed by atoms with Crippen molar-refractivity contribution in [1.82, 2.24) is 0 Å². The third kappa shape index (κ3) is 1.65. The predicted octanol–water partition coefficient (Wildman–Crippen LogP) is 2.35. The number of hydrogen-bond donors (Lipinski definition) is 0. The molecule has 0 saturated carbocycles. The van der Waals surface area contributed by atoms with Gasteiger partial charge in [0.2, 0.25) is 0 Å². The Morgan fingerprint density at radius 3 is 2.86 bits per heavy atom. The molecule has 14 heavy (non-hydrogen) atoms. The topological polar surface area (TPSA) is 38.7 Å². The van der Waals surface area contributed by atoms with E-state index in [9.17, 15) is 4.79 Å². The van der Waals surface area contributed by atoms with Gasteiger partial charge in [0.05, 0.1) is 12.8 Å². The van der Waals surface area contributed by atoms with Crippen LogP contribution in [0.5, 0.6) is 5.75 Å². The molecule has 1 aliphatic rings. The molecule has 0 aliphatic carbocycles. The molecular weight excluding hydrogens is 198 g/mol. The largest absolute Gasteiger partial charge is 0.496 e. The van der Waals surface area contributed by atoms with E-state index in [2.05, 4.69) is 4.99 Å². The first-order valence-corrected chi connectivity index (χ1v) is 5.17. The molecular formula is C10H9NO2S. The Balaban J connectivity index is 2.41. The number of methoxy groups -OCH3 is 1. The lowest BCUT2D eigenvalue weighted by atomic mass is 10.1. The average Bonchev–Trinajstić information content (AvgIpc) is 2.65. The molecule has 2 rings (SSSR count). The molecule has 0 aromatic heterocycles. The zero-order valence-corrected chi connectivity index (χ0v) is 8.50. The van der Waals surface area contributed by atoms with E-state index in [4.69, 9.17) is 4.74 Å². The SMILES string of the molecule is COc1ccccc1C1=NC(=O)SC1.